The Labute approximate surface area is 139 Å². The second kappa shape index (κ2) is 7.45. The standard InChI is InChI=1S/C18H20BrNO2/c1-4-16(22-17-10-12(2)8-9-13(17)3)18(21)20-15-7-5-6-14(19)11-15/h5-11,16H,4H2,1-3H3,(H,20,21). The zero-order valence-electron chi connectivity index (χ0n) is 13.0. The molecule has 1 N–H and O–H groups in total. The van der Waals surface area contributed by atoms with E-state index >= 15 is 0 Å². The molecule has 0 fully saturated rings. The van der Waals surface area contributed by atoms with Crippen molar-refractivity contribution in [2.45, 2.75) is 33.3 Å². The maximum atomic E-state index is 12.4. The molecule has 2 rings (SSSR count). The van der Waals surface area contributed by atoms with Crippen LogP contribution in [0, 0.1) is 13.8 Å². The molecule has 0 aliphatic heterocycles. The summed E-state index contributed by atoms with van der Waals surface area (Å²) in [5.41, 5.74) is 2.89. The van der Waals surface area contributed by atoms with Gasteiger partial charge in [0.2, 0.25) is 0 Å². The smallest absolute Gasteiger partial charge is 0.265 e. The highest BCUT2D eigenvalue weighted by Gasteiger charge is 2.19. The highest BCUT2D eigenvalue weighted by Crippen LogP contribution is 2.22. The number of hydrogen-bond acceptors (Lipinski definition) is 2. The van der Waals surface area contributed by atoms with Crippen LogP contribution in [0.1, 0.15) is 24.5 Å². The molecule has 2 aromatic rings. The predicted molar refractivity (Wildman–Crippen MR) is 93.4 cm³/mol. The van der Waals surface area contributed by atoms with Gasteiger partial charge in [-0.15, -0.1) is 0 Å². The third kappa shape index (κ3) is 4.34. The lowest BCUT2D eigenvalue weighted by Crippen LogP contribution is -2.32. The number of nitrogens with one attached hydrogen (secondary N) is 1. The van der Waals surface area contributed by atoms with Gasteiger partial charge >= 0.3 is 0 Å². The number of benzene rings is 2. The van der Waals surface area contributed by atoms with Crippen LogP contribution in [0.3, 0.4) is 0 Å². The number of halogens is 1. The van der Waals surface area contributed by atoms with Gasteiger partial charge in [-0.2, -0.15) is 0 Å². The minimum Gasteiger partial charge on any atom is -0.480 e. The Hall–Kier alpha value is -1.81. The quantitative estimate of drug-likeness (QED) is 0.825. The fourth-order valence-electron chi connectivity index (χ4n) is 2.10. The molecular weight excluding hydrogens is 342 g/mol. The molecule has 116 valence electrons. The van der Waals surface area contributed by atoms with Gasteiger partial charge in [0.15, 0.2) is 6.10 Å². The summed E-state index contributed by atoms with van der Waals surface area (Å²) < 4.78 is 6.84. The van der Waals surface area contributed by atoms with E-state index in [9.17, 15) is 4.79 Å². The Morgan fingerprint density at radius 2 is 2.00 bits per heavy atom. The number of carbonyl (C=O) groups excluding carboxylic acids is 1. The van der Waals surface area contributed by atoms with E-state index < -0.39 is 6.10 Å². The molecule has 22 heavy (non-hydrogen) atoms. The Morgan fingerprint density at radius 1 is 1.23 bits per heavy atom. The van der Waals surface area contributed by atoms with Gasteiger partial charge in [0.05, 0.1) is 0 Å². The van der Waals surface area contributed by atoms with E-state index in [4.69, 9.17) is 4.74 Å². The van der Waals surface area contributed by atoms with Gasteiger partial charge in [-0.05, 0) is 55.7 Å². The molecule has 2 aromatic carbocycles. The van der Waals surface area contributed by atoms with Crippen LogP contribution < -0.4 is 10.1 Å². The van der Waals surface area contributed by atoms with Crippen molar-refractivity contribution in [3.8, 4) is 5.75 Å². The predicted octanol–water partition coefficient (Wildman–Crippen LogP) is 4.86. The van der Waals surface area contributed by atoms with Crippen molar-refractivity contribution in [1.29, 1.82) is 0 Å². The van der Waals surface area contributed by atoms with Crippen LogP contribution in [0.2, 0.25) is 0 Å². The van der Waals surface area contributed by atoms with Crippen LogP contribution in [0.4, 0.5) is 5.69 Å². The molecule has 1 atom stereocenters. The number of aryl methyl sites for hydroxylation is 2. The van der Waals surface area contributed by atoms with E-state index in [0.29, 0.717) is 6.42 Å². The van der Waals surface area contributed by atoms with Gasteiger partial charge in [0, 0.05) is 10.2 Å². The van der Waals surface area contributed by atoms with E-state index in [0.717, 1.165) is 27.0 Å². The van der Waals surface area contributed by atoms with Crippen molar-refractivity contribution in [2.24, 2.45) is 0 Å². The third-order valence-electron chi connectivity index (χ3n) is 3.37. The summed E-state index contributed by atoms with van der Waals surface area (Å²) in [6, 6.07) is 13.5. The highest BCUT2D eigenvalue weighted by molar-refractivity contribution is 9.10. The first-order chi connectivity index (χ1) is 10.5. The maximum Gasteiger partial charge on any atom is 0.265 e. The summed E-state index contributed by atoms with van der Waals surface area (Å²) in [6.45, 7) is 5.93. The molecule has 0 saturated heterocycles. The van der Waals surface area contributed by atoms with Gasteiger partial charge in [0.25, 0.3) is 5.91 Å². The van der Waals surface area contributed by atoms with Gasteiger partial charge < -0.3 is 10.1 Å². The molecular formula is C18H20BrNO2. The molecule has 1 amide bonds. The number of carbonyl (C=O) groups is 1. The van der Waals surface area contributed by atoms with Crippen LogP contribution >= 0.6 is 15.9 Å². The molecule has 0 bridgehead atoms. The fourth-order valence-corrected chi connectivity index (χ4v) is 2.50. The van der Waals surface area contributed by atoms with Crippen LogP contribution in [-0.4, -0.2) is 12.0 Å². The SMILES string of the molecule is CCC(Oc1cc(C)ccc1C)C(=O)Nc1cccc(Br)c1. The Balaban J connectivity index is 2.10. The largest absolute Gasteiger partial charge is 0.480 e. The topological polar surface area (TPSA) is 38.3 Å². The Bertz CT molecular complexity index is 670. The zero-order valence-corrected chi connectivity index (χ0v) is 14.6. The highest BCUT2D eigenvalue weighted by atomic mass is 79.9. The van der Waals surface area contributed by atoms with Crippen LogP contribution in [-0.2, 0) is 4.79 Å². The second-order valence-electron chi connectivity index (χ2n) is 5.28. The first kappa shape index (κ1) is 16.6. The molecule has 0 aromatic heterocycles. The van der Waals surface area contributed by atoms with E-state index in [1.54, 1.807) is 0 Å². The third-order valence-corrected chi connectivity index (χ3v) is 3.86. The first-order valence-electron chi connectivity index (χ1n) is 7.30. The van der Waals surface area contributed by atoms with Crippen LogP contribution in [0.5, 0.6) is 5.75 Å². The minimum absolute atomic E-state index is 0.137. The van der Waals surface area contributed by atoms with E-state index in [1.807, 2.05) is 63.2 Å². The van der Waals surface area contributed by atoms with Crippen molar-refractivity contribution < 1.29 is 9.53 Å². The molecule has 0 aliphatic carbocycles. The van der Waals surface area contributed by atoms with Crippen molar-refractivity contribution in [1.82, 2.24) is 0 Å². The summed E-state index contributed by atoms with van der Waals surface area (Å²) in [5, 5.41) is 2.89. The number of anilines is 1. The van der Waals surface area contributed by atoms with Gasteiger partial charge in [-0.25, -0.2) is 0 Å². The average Bonchev–Trinajstić information content (AvgIpc) is 2.48. The van der Waals surface area contributed by atoms with Crippen molar-refractivity contribution >= 4 is 27.5 Å². The van der Waals surface area contributed by atoms with Gasteiger partial charge in [-0.1, -0.05) is 41.1 Å². The molecule has 0 heterocycles. The van der Waals surface area contributed by atoms with Gasteiger partial charge in [0.1, 0.15) is 5.75 Å². The second-order valence-corrected chi connectivity index (χ2v) is 6.20. The summed E-state index contributed by atoms with van der Waals surface area (Å²) in [6.07, 6.45) is 0.0900. The molecule has 0 saturated carbocycles. The zero-order chi connectivity index (χ0) is 16.1. The van der Waals surface area contributed by atoms with Crippen molar-refractivity contribution in [3.63, 3.8) is 0 Å². The number of rotatable bonds is 5. The number of ether oxygens (including phenoxy) is 1. The van der Waals surface area contributed by atoms with Crippen molar-refractivity contribution in [2.75, 3.05) is 5.32 Å². The lowest BCUT2D eigenvalue weighted by atomic mass is 10.1. The molecule has 1 unspecified atom stereocenters. The van der Waals surface area contributed by atoms with E-state index in [1.165, 1.54) is 0 Å². The molecule has 0 radical (unpaired) electrons. The van der Waals surface area contributed by atoms with E-state index in [-0.39, 0.29) is 5.91 Å². The fraction of sp³-hybridized carbons (Fsp3) is 0.278. The monoisotopic (exact) mass is 361 g/mol. The number of hydrogen-bond donors (Lipinski definition) is 1. The van der Waals surface area contributed by atoms with Crippen molar-refractivity contribution in [3.05, 3.63) is 58.1 Å². The first-order valence-corrected chi connectivity index (χ1v) is 8.09. The molecule has 4 heteroatoms. The summed E-state index contributed by atoms with van der Waals surface area (Å²) in [7, 11) is 0. The Morgan fingerprint density at radius 3 is 2.68 bits per heavy atom. The normalized spacial score (nSPS) is 11.8. The summed E-state index contributed by atoms with van der Waals surface area (Å²) in [4.78, 5) is 12.4. The lowest BCUT2D eigenvalue weighted by molar-refractivity contribution is -0.122. The molecule has 0 aliphatic rings. The van der Waals surface area contributed by atoms with Crippen LogP contribution in [0.25, 0.3) is 0 Å². The minimum atomic E-state index is -0.514. The molecule has 0 spiro atoms. The average molecular weight is 362 g/mol. The maximum absolute atomic E-state index is 12.4. The van der Waals surface area contributed by atoms with Crippen LogP contribution in [0.15, 0.2) is 46.9 Å². The lowest BCUT2D eigenvalue weighted by Gasteiger charge is -2.19. The summed E-state index contributed by atoms with van der Waals surface area (Å²) >= 11 is 3.39. The summed E-state index contributed by atoms with van der Waals surface area (Å²) in [5.74, 6) is 0.623. The molecule has 3 nitrogen and oxygen atoms in total. The van der Waals surface area contributed by atoms with E-state index in [2.05, 4.69) is 21.2 Å². The Kier molecular flexibility index (Phi) is 5.61. The van der Waals surface area contributed by atoms with Gasteiger partial charge in [-0.3, -0.25) is 4.79 Å². The number of amides is 1.